The van der Waals surface area contributed by atoms with Crippen molar-refractivity contribution in [2.75, 3.05) is 6.54 Å². The van der Waals surface area contributed by atoms with E-state index in [1.807, 2.05) is 32.9 Å². The Morgan fingerprint density at radius 2 is 2.20 bits per heavy atom. The van der Waals surface area contributed by atoms with Crippen LogP contribution in [0.1, 0.15) is 50.7 Å². The van der Waals surface area contributed by atoms with Crippen LogP contribution in [0.2, 0.25) is 0 Å². The van der Waals surface area contributed by atoms with Crippen LogP contribution in [-0.4, -0.2) is 23.3 Å². The number of hydrogen-bond acceptors (Lipinski definition) is 3. The van der Waals surface area contributed by atoms with Crippen molar-refractivity contribution in [3.8, 4) is 5.75 Å². The molecule has 1 amide bonds. The van der Waals surface area contributed by atoms with Crippen molar-refractivity contribution >= 4 is 6.09 Å². The van der Waals surface area contributed by atoms with Crippen molar-refractivity contribution in [1.29, 1.82) is 0 Å². The van der Waals surface area contributed by atoms with Gasteiger partial charge in [0, 0.05) is 12.5 Å². The number of aromatic hydroxyl groups is 1. The summed E-state index contributed by atoms with van der Waals surface area (Å²) >= 11 is 0. The molecule has 1 atom stereocenters. The SMILES string of the molecule is CC(C)(C)OC(=O)NCC1CCCc2cc(O)ccc21. The highest BCUT2D eigenvalue weighted by Gasteiger charge is 2.22. The normalized spacial score (nSPS) is 18.2. The third-order valence-electron chi connectivity index (χ3n) is 3.46. The summed E-state index contributed by atoms with van der Waals surface area (Å²) in [6, 6.07) is 5.50. The second-order valence-corrected chi connectivity index (χ2v) is 6.36. The lowest BCUT2D eigenvalue weighted by Crippen LogP contribution is -2.35. The van der Waals surface area contributed by atoms with Gasteiger partial charge in [0.25, 0.3) is 0 Å². The number of nitrogens with one attached hydrogen (secondary N) is 1. The maximum Gasteiger partial charge on any atom is 0.407 e. The van der Waals surface area contributed by atoms with Crippen molar-refractivity contribution in [2.24, 2.45) is 0 Å². The molecule has 0 aliphatic heterocycles. The largest absolute Gasteiger partial charge is 0.508 e. The lowest BCUT2D eigenvalue weighted by Gasteiger charge is -2.26. The molecule has 1 aliphatic rings. The van der Waals surface area contributed by atoms with Crippen molar-refractivity contribution in [1.82, 2.24) is 5.32 Å². The molecule has 0 spiro atoms. The first kappa shape index (κ1) is 14.7. The van der Waals surface area contributed by atoms with E-state index in [4.69, 9.17) is 4.74 Å². The molecule has 0 aromatic heterocycles. The Balaban J connectivity index is 1.97. The summed E-state index contributed by atoms with van der Waals surface area (Å²) in [5.41, 5.74) is 1.94. The summed E-state index contributed by atoms with van der Waals surface area (Å²) < 4.78 is 5.25. The quantitative estimate of drug-likeness (QED) is 0.871. The molecular formula is C16H23NO3. The predicted octanol–water partition coefficient (Wildman–Crippen LogP) is 3.34. The van der Waals surface area contributed by atoms with E-state index < -0.39 is 5.60 Å². The number of alkyl carbamates (subject to hydrolysis) is 1. The molecule has 1 aliphatic carbocycles. The molecule has 0 bridgehead atoms. The van der Waals surface area contributed by atoms with Crippen LogP contribution in [-0.2, 0) is 11.2 Å². The highest BCUT2D eigenvalue weighted by molar-refractivity contribution is 5.67. The van der Waals surface area contributed by atoms with E-state index in [0.29, 0.717) is 18.2 Å². The highest BCUT2D eigenvalue weighted by atomic mass is 16.6. The van der Waals surface area contributed by atoms with Gasteiger partial charge in [0.1, 0.15) is 11.4 Å². The summed E-state index contributed by atoms with van der Waals surface area (Å²) in [4.78, 5) is 11.7. The number of ether oxygens (including phenoxy) is 1. The lowest BCUT2D eigenvalue weighted by atomic mass is 9.82. The fourth-order valence-corrected chi connectivity index (χ4v) is 2.63. The number of carbonyl (C=O) groups is 1. The van der Waals surface area contributed by atoms with Crippen LogP contribution in [0.25, 0.3) is 0 Å². The van der Waals surface area contributed by atoms with Gasteiger partial charge in [-0.05, 0) is 63.3 Å². The van der Waals surface area contributed by atoms with E-state index in [1.165, 1.54) is 11.1 Å². The first-order chi connectivity index (χ1) is 9.35. The van der Waals surface area contributed by atoms with E-state index in [-0.39, 0.29) is 6.09 Å². The maximum absolute atomic E-state index is 11.7. The van der Waals surface area contributed by atoms with Gasteiger partial charge in [-0.1, -0.05) is 6.07 Å². The molecule has 20 heavy (non-hydrogen) atoms. The van der Waals surface area contributed by atoms with E-state index in [1.54, 1.807) is 6.07 Å². The van der Waals surface area contributed by atoms with Crippen LogP contribution < -0.4 is 5.32 Å². The van der Waals surface area contributed by atoms with Gasteiger partial charge < -0.3 is 15.2 Å². The third kappa shape index (κ3) is 3.89. The van der Waals surface area contributed by atoms with Crippen LogP contribution >= 0.6 is 0 Å². The fraction of sp³-hybridized carbons (Fsp3) is 0.562. The van der Waals surface area contributed by atoms with Gasteiger partial charge in [-0.3, -0.25) is 0 Å². The Bertz CT molecular complexity index is 491. The van der Waals surface area contributed by atoms with Crippen LogP contribution in [0, 0.1) is 0 Å². The Hall–Kier alpha value is -1.71. The van der Waals surface area contributed by atoms with Crippen LogP contribution in [0.5, 0.6) is 5.75 Å². The zero-order valence-corrected chi connectivity index (χ0v) is 12.4. The topological polar surface area (TPSA) is 58.6 Å². The number of fused-ring (bicyclic) bond motifs is 1. The number of amides is 1. The molecule has 2 rings (SSSR count). The molecular weight excluding hydrogens is 254 g/mol. The number of phenolic OH excluding ortho intramolecular Hbond substituents is 1. The molecule has 0 saturated carbocycles. The van der Waals surface area contributed by atoms with E-state index in [0.717, 1.165) is 19.3 Å². The Labute approximate surface area is 120 Å². The first-order valence-corrected chi connectivity index (χ1v) is 7.14. The first-order valence-electron chi connectivity index (χ1n) is 7.14. The van der Waals surface area contributed by atoms with E-state index in [9.17, 15) is 9.90 Å². The molecule has 0 radical (unpaired) electrons. The van der Waals surface area contributed by atoms with Crippen LogP contribution in [0.3, 0.4) is 0 Å². The number of rotatable bonds is 2. The van der Waals surface area contributed by atoms with Crippen molar-refractivity contribution in [3.05, 3.63) is 29.3 Å². The minimum absolute atomic E-state index is 0.298. The minimum atomic E-state index is -0.472. The lowest BCUT2D eigenvalue weighted by molar-refractivity contribution is 0.0523. The molecule has 0 heterocycles. The summed E-state index contributed by atoms with van der Waals surface area (Å²) in [6.45, 7) is 6.13. The summed E-state index contributed by atoms with van der Waals surface area (Å²) in [7, 11) is 0. The number of phenols is 1. The molecule has 110 valence electrons. The summed E-state index contributed by atoms with van der Waals surface area (Å²) in [5, 5.41) is 12.4. The molecule has 1 unspecified atom stereocenters. The average molecular weight is 277 g/mol. The Kier molecular flexibility index (Phi) is 4.21. The number of carbonyl (C=O) groups excluding carboxylic acids is 1. The average Bonchev–Trinajstić information content (AvgIpc) is 2.33. The summed E-state index contributed by atoms with van der Waals surface area (Å²) in [6.07, 6.45) is 2.75. The van der Waals surface area contributed by atoms with Crippen molar-refractivity contribution in [3.63, 3.8) is 0 Å². The Morgan fingerprint density at radius 3 is 2.90 bits per heavy atom. The van der Waals surface area contributed by atoms with Crippen molar-refractivity contribution in [2.45, 2.75) is 51.6 Å². The monoisotopic (exact) mass is 277 g/mol. The van der Waals surface area contributed by atoms with E-state index in [2.05, 4.69) is 5.32 Å². The minimum Gasteiger partial charge on any atom is -0.508 e. The smallest absolute Gasteiger partial charge is 0.407 e. The maximum atomic E-state index is 11.7. The van der Waals surface area contributed by atoms with Gasteiger partial charge in [-0.2, -0.15) is 0 Å². The molecule has 1 aromatic carbocycles. The predicted molar refractivity (Wildman–Crippen MR) is 78.0 cm³/mol. The van der Waals surface area contributed by atoms with Gasteiger partial charge in [0.15, 0.2) is 0 Å². The second kappa shape index (κ2) is 5.73. The Morgan fingerprint density at radius 1 is 1.45 bits per heavy atom. The van der Waals surface area contributed by atoms with Crippen LogP contribution in [0.4, 0.5) is 4.79 Å². The summed E-state index contributed by atoms with van der Waals surface area (Å²) in [5.74, 6) is 0.608. The molecule has 4 heteroatoms. The van der Waals surface area contributed by atoms with Gasteiger partial charge in [0.2, 0.25) is 0 Å². The molecule has 1 aromatic rings. The van der Waals surface area contributed by atoms with Crippen molar-refractivity contribution < 1.29 is 14.6 Å². The standard InChI is InChI=1S/C16H23NO3/c1-16(2,3)20-15(19)17-10-12-6-4-5-11-9-13(18)7-8-14(11)12/h7-9,12,18H,4-6,10H2,1-3H3,(H,17,19). The van der Waals surface area contributed by atoms with Gasteiger partial charge in [-0.15, -0.1) is 0 Å². The zero-order chi connectivity index (χ0) is 14.8. The second-order valence-electron chi connectivity index (χ2n) is 6.36. The number of benzene rings is 1. The molecule has 0 fully saturated rings. The molecule has 4 nitrogen and oxygen atoms in total. The van der Waals surface area contributed by atoms with Crippen LogP contribution in [0.15, 0.2) is 18.2 Å². The van der Waals surface area contributed by atoms with E-state index >= 15 is 0 Å². The highest BCUT2D eigenvalue weighted by Crippen LogP contribution is 2.33. The molecule has 0 saturated heterocycles. The fourth-order valence-electron chi connectivity index (χ4n) is 2.63. The van der Waals surface area contributed by atoms with Gasteiger partial charge in [0.05, 0.1) is 0 Å². The van der Waals surface area contributed by atoms with Gasteiger partial charge in [-0.25, -0.2) is 4.79 Å². The zero-order valence-electron chi connectivity index (χ0n) is 12.4. The third-order valence-corrected chi connectivity index (χ3v) is 3.46. The molecule has 2 N–H and O–H groups in total. The number of aryl methyl sites for hydroxylation is 1. The van der Waals surface area contributed by atoms with Gasteiger partial charge >= 0.3 is 6.09 Å². The number of hydrogen-bond donors (Lipinski definition) is 2.